The summed E-state index contributed by atoms with van der Waals surface area (Å²) in [4.78, 5) is 39.7. The van der Waals surface area contributed by atoms with Crippen molar-refractivity contribution in [1.82, 2.24) is 10.3 Å². The SMILES string of the molecule is COC(=O)[C@H](C)NC(=O)c1c[nH]c2cc(Cc3ccccc3)c(Br)cc2c1=O. The summed E-state index contributed by atoms with van der Waals surface area (Å²) in [7, 11) is 1.23. The summed E-state index contributed by atoms with van der Waals surface area (Å²) in [6, 6.07) is 12.7. The number of aromatic nitrogens is 1. The van der Waals surface area contributed by atoms with Gasteiger partial charge in [0.1, 0.15) is 11.6 Å². The lowest BCUT2D eigenvalue weighted by atomic mass is 10.0. The Morgan fingerprint density at radius 1 is 1.21 bits per heavy atom. The largest absolute Gasteiger partial charge is 0.467 e. The first-order valence-electron chi connectivity index (χ1n) is 8.67. The molecule has 0 saturated heterocycles. The minimum absolute atomic E-state index is 0.0639. The van der Waals surface area contributed by atoms with Crippen LogP contribution in [0.1, 0.15) is 28.4 Å². The Morgan fingerprint density at radius 2 is 1.93 bits per heavy atom. The smallest absolute Gasteiger partial charge is 0.328 e. The summed E-state index contributed by atoms with van der Waals surface area (Å²) in [5.74, 6) is -1.22. The molecule has 0 unspecified atom stereocenters. The molecular weight excluding hydrogens is 424 g/mol. The summed E-state index contributed by atoms with van der Waals surface area (Å²) < 4.78 is 5.37. The van der Waals surface area contributed by atoms with E-state index in [2.05, 4.69) is 31.0 Å². The number of H-pyrrole nitrogens is 1. The molecule has 3 rings (SSSR count). The van der Waals surface area contributed by atoms with Crippen LogP contribution in [-0.4, -0.2) is 30.0 Å². The van der Waals surface area contributed by atoms with Crippen molar-refractivity contribution in [1.29, 1.82) is 0 Å². The third-order valence-corrected chi connectivity index (χ3v) is 5.17. The van der Waals surface area contributed by atoms with E-state index in [4.69, 9.17) is 0 Å². The van der Waals surface area contributed by atoms with Crippen LogP contribution in [0.3, 0.4) is 0 Å². The molecule has 6 nitrogen and oxygen atoms in total. The number of halogens is 1. The molecule has 3 aromatic rings. The van der Waals surface area contributed by atoms with Crippen molar-refractivity contribution < 1.29 is 14.3 Å². The molecule has 0 radical (unpaired) electrons. The van der Waals surface area contributed by atoms with E-state index >= 15 is 0 Å². The van der Waals surface area contributed by atoms with Gasteiger partial charge >= 0.3 is 5.97 Å². The molecule has 1 atom stereocenters. The van der Waals surface area contributed by atoms with Crippen molar-refractivity contribution in [3.8, 4) is 0 Å². The number of pyridine rings is 1. The molecule has 1 amide bonds. The fourth-order valence-corrected chi connectivity index (χ4v) is 3.40. The Bertz CT molecular complexity index is 1090. The molecule has 28 heavy (non-hydrogen) atoms. The van der Waals surface area contributed by atoms with E-state index in [1.807, 2.05) is 36.4 Å². The predicted molar refractivity (Wildman–Crippen MR) is 110 cm³/mol. The van der Waals surface area contributed by atoms with Crippen LogP contribution >= 0.6 is 15.9 Å². The molecule has 0 aliphatic carbocycles. The van der Waals surface area contributed by atoms with Gasteiger partial charge in [-0.3, -0.25) is 9.59 Å². The van der Waals surface area contributed by atoms with E-state index in [-0.39, 0.29) is 5.56 Å². The van der Waals surface area contributed by atoms with Gasteiger partial charge < -0.3 is 15.0 Å². The van der Waals surface area contributed by atoms with Crippen LogP contribution in [0.15, 0.2) is 57.9 Å². The molecule has 0 aliphatic rings. The topological polar surface area (TPSA) is 88.3 Å². The number of ether oxygens (including phenoxy) is 1. The lowest BCUT2D eigenvalue weighted by Crippen LogP contribution is -2.40. The van der Waals surface area contributed by atoms with Crippen molar-refractivity contribution in [3.63, 3.8) is 0 Å². The third-order valence-electron chi connectivity index (χ3n) is 4.43. The van der Waals surface area contributed by atoms with E-state index in [0.717, 1.165) is 15.6 Å². The summed E-state index contributed by atoms with van der Waals surface area (Å²) >= 11 is 3.52. The number of benzene rings is 2. The van der Waals surface area contributed by atoms with E-state index in [1.54, 1.807) is 6.07 Å². The summed E-state index contributed by atoms with van der Waals surface area (Å²) in [6.07, 6.45) is 2.07. The second-order valence-electron chi connectivity index (χ2n) is 6.40. The first-order valence-corrected chi connectivity index (χ1v) is 9.46. The second kappa shape index (κ2) is 8.39. The Labute approximate surface area is 170 Å². The average Bonchev–Trinajstić information content (AvgIpc) is 2.69. The maximum Gasteiger partial charge on any atom is 0.328 e. The normalized spacial score (nSPS) is 11.8. The number of carbonyl (C=O) groups is 2. The molecule has 0 saturated carbocycles. The zero-order valence-electron chi connectivity index (χ0n) is 15.4. The first-order chi connectivity index (χ1) is 13.4. The molecule has 1 aromatic heterocycles. The quantitative estimate of drug-likeness (QED) is 0.593. The van der Waals surface area contributed by atoms with Crippen LogP contribution in [0.5, 0.6) is 0 Å². The molecule has 2 N–H and O–H groups in total. The number of rotatable bonds is 5. The highest BCUT2D eigenvalue weighted by molar-refractivity contribution is 9.10. The van der Waals surface area contributed by atoms with Gasteiger partial charge in [-0.25, -0.2) is 4.79 Å². The molecule has 144 valence electrons. The maximum atomic E-state index is 12.8. The van der Waals surface area contributed by atoms with Gasteiger partial charge in [0.05, 0.1) is 7.11 Å². The summed E-state index contributed by atoms with van der Waals surface area (Å²) in [6.45, 7) is 1.49. The molecular formula is C21H19BrN2O4. The minimum Gasteiger partial charge on any atom is -0.467 e. The molecule has 1 heterocycles. The number of methoxy groups -OCH3 is 1. The number of hydrogen-bond acceptors (Lipinski definition) is 4. The lowest BCUT2D eigenvalue weighted by Gasteiger charge is -2.12. The Hall–Kier alpha value is -2.93. The average molecular weight is 443 g/mol. The zero-order chi connectivity index (χ0) is 20.3. The highest BCUT2D eigenvalue weighted by Gasteiger charge is 2.20. The van der Waals surface area contributed by atoms with E-state index in [1.165, 1.54) is 20.2 Å². The lowest BCUT2D eigenvalue weighted by molar-refractivity contribution is -0.142. The highest BCUT2D eigenvalue weighted by atomic mass is 79.9. The van der Waals surface area contributed by atoms with Gasteiger partial charge in [0.15, 0.2) is 0 Å². The Kier molecular flexibility index (Phi) is 5.94. The standard InChI is InChI=1S/C21H19BrN2O4/c1-12(21(27)28-2)24-20(26)16-11-23-18-9-14(8-13-6-4-3-5-7-13)17(22)10-15(18)19(16)25/h3-7,9-12H,8H2,1-2H3,(H,23,25)(H,24,26)/t12-/m0/s1. The number of fused-ring (bicyclic) bond motifs is 1. The summed E-state index contributed by atoms with van der Waals surface area (Å²) in [5.41, 5.74) is 2.33. The predicted octanol–water partition coefficient (Wildman–Crippen LogP) is 3.17. The Balaban J connectivity index is 1.94. The van der Waals surface area contributed by atoms with Gasteiger partial charge in [0, 0.05) is 21.6 Å². The molecule has 0 bridgehead atoms. The van der Waals surface area contributed by atoms with Crippen LogP contribution in [0.25, 0.3) is 10.9 Å². The molecule has 0 spiro atoms. The van der Waals surface area contributed by atoms with Crippen molar-refractivity contribution in [2.45, 2.75) is 19.4 Å². The minimum atomic E-state index is -0.854. The highest BCUT2D eigenvalue weighted by Crippen LogP contribution is 2.24. The number of amides is 1. The number of nitrogens with one attached hydrogen (secondary N) is 2. The van der Waals surface area contributed by atoms with Crippen molar-refractivity contribution in [3.05, 3.63) is 80.0 Å². The van der Waals surface area contributed by atoms with E-state index < -0.39 is 23.3 Å². The van der Waals surface area contributed by atoms with Gasteiger partial charge in [-0.15, -0.1) is 0 Å². The first kappa shape index (κ1) is 19.8. The van der Waals surface area contributed by atoms with Gasteiger partial charge in [-0.1, -0.05) is 46.3 Å². The van der Waals surface area contributed by atoms with Gasteiger partial charge in [-0.2, -0.15) is 0 Å². The van der Waals surface area contributed by atoms with Crippen LogP contribution in [0.2, 0.25) is 0 Å². The number of aromatic amines is 1. The van der Waals surface area contributed by atoms with Crippen molar-refractivity contribution in [2.75, 3.05) is 7.11 Å². The number of hydrogen-bond donors (Lipinski definition) is 2. The molecule has 7 heteroatoms. The molecule has 2 aromatic carbocycles. The molecule has 0 fully saturated rings. The van der Waals surface area contributed by atoms with Crippen molar-refractivity contribution in [2.24, 2.45) is 0 Å². The number of esters is 1. The van der Waals surface area contributed by atoms with Crippen molar-refractivity contribution >= 4 is 38.7 Å². The fourth-order valence-electron chi connectivity index (χ4n) is 2.92. The van der Waals surface area contributed by atoms with Crippen LogP contribution in [0.4, 0.5) is 0 Å². The van der Waals surface area contributed by atoms with Gasteiger partial charge in [0.25, 0.3) is 5.91 Å². The third kappa shape index (κ3) is 4.14. The second-order valence-corrected chi connectivity index (χ2v) is 7.26. The zero-order valence-corrected chi connectivity index (χ0v) is 17.0. The maximum absolute atomic E-state index is 12.8. The van der Waals surface area contributed by atoms with Crippen LogP contribution < -0.4 is 10.7 Å². The molecule has 0 aliphatic heterocycles. The van der Waals surface area contributed by atoms with E-state index in [9.17, 15) is 14.4 Å². The van der Waals surface area contributed by atoms with E-state index in [0.29, 0.717) is 17.3 Å². The fraction of sp³-hybridized carbons (Fsp3) is 0.190. The summed E-state index contributed by atoms with van der Waals surface area (Å²) in [5, 5.41) is 2.86. The monoisotopic (exact) mass is 442 g/mol. The number of carbonyl (C=O) groups excluding carboxylic acids is 2. The van der Waals surface area contributed by atoms with Crippen LogP contribution in [0, 0.1) is 0 Å². The Morgan fingerprint density at radius 3 is 2.61 bits per heavy atom. The van der Waals surface area contributed by atoms with Gasteiger partial charge in [-0.05, 0) is 36.6 Å². The van der Waals surface area contributed by atoms with Gasteiger partial charge in [0.2, 0.25) is 5.43 Å². The van der Waals surface area contributed by atoms with Crippen LogP contribution in [-0.2, 0) is 16.0 Å².